The van der Waals surface area contributed by atoms with Crippen molar-refractivity contribution in [3.8, 4) is 11.5 Å². The van der Waals surface area contributed by atoms with Crippen LogP contribution in [0, 0.1) is 5.92 Å². The van der Waals surface area contributed by atoms with Crippen molar-refractivity contribution in [3.63, 3.8) is 0 Å². The molecule has 41 heavy (non-hydrogen) atoms. The van der Waals surface area contributed by atoms with E-state index in [1.54, 1.807) is 0 Å². The highest BCUT2D eigenvalue weighted by atomic mass is 16.6. The van der Waals surface area contributed by atoms with Crippen LogP contribution in [0.1, 0.15) is 128 Å². The Hall–Kier alpha value is -2.37. The largest absolute Gasteiger partial charge is 0.486 e. The van der Waals surface area contributed by atoms with E-state index in [1.807, 2.05) is 36.4 Å². The van der Waals surface area contributed by atoms with Gasteiger partial charge in [-0.05, 0) is 29.7 Å². The Morgan fingerprint density at radius 2 is 1.39 bits per heavy atom. The molecule has 5 heteroatoms. The van der Waals surface area contributed by atoms with Crippen molar-refractivity contribution < 1.29 is 19.4 Å². The number of carbonyl (C=O) groups excluding carboxylic acids is 1. The van der Waals surface area contributed by atoms with Gasteiger partial charge in [0.2, 0.25) is 0 Å². The smallest absolute Gasteiger partial charge is 0.161 e. The molecule has 0 radical (unpaired) electrons. The fourth-order valence-corrected chi connectivity index (χ4v) is 5.54. The average molecular weight is 568 g/mol. The molecule has 0 saturated carbocycles. The number of aliphatic hydroxyl groups excluding tert-OH is 1. The molecule has 3 rings (SSSR count). The van der Waals surface area contributed by atoms with Crippen LogP contribution in [0.3, 0.4) is 0 Å². The van der Waals surface area contributed by atoms with E-state index in [4.69, 9.17) is 9.47 Å². The number of nitrogens with one attached hydrogen (secondary N) is 1. The normalized spacial score (nSPS) is 13.8. The van der Waals surface area contributed by atoms with Crippen LogP contribution in [-0.4, -0.2) is 30.6 Å². The van der Waals surface area contributed by atoms with Gasteiger partial charge in [0.1, 0.15) is 19.0 Å². The number of ether oxygens (including phenoxy) is 2. The maximum atomic E-state index is 13.0. The van der Waals surface area contributed by atoms with Gasteiger partial charge < -0.3 is 19.9 Å². The summed E-state index contributed by atoms with van der Waals surface area (Å²) in [6.07, 6.45) is 17.1. The maximum Gasteiger partial charge on any atom is 0.161 e. The van der Waals surface area contributed by atoms with Gasteiger partial charge in [-0.2, -0.15) is 0 Å². The molecule has 0 spiro atoms. The van der Waals surface area contributed by atoms with Gasteiger partial charge in [0, 0.05) is 31.8 Å². The molecule has 2 aromatic rings. The lowest BCUT2D eigenvalue weighted by Gasteiger charge is -2.25. The zero-order valence-corrected chi connectivity index (χ0v) is 24.9. The summed E-state index contributed by atoms with van der Waals surface area (Å²) in [7, 11) is 0. The van der Waals surface area contributed by atoms with E-state index >= 15 is 0 Å². The minimum Gasteiger partial charge on any atom is -0.486 e. The predicted molar refractivity (Wildman–Crippen MR) is 171 cm³/mol. The SMILES string of the molecule is C.CCCCCCCCCCCCCCCC(=O)C[C@H](CNCc1ccccc1)[C@H](O)c1ccc2c(c1)OCCO2. The Labute approximate surface area is 250 Å². The third kappa shape index (κ3) is 13.9. The van der Waals surface area contributed by atoms with Crippen molar-refractivity contribution in [3.05, 3.63) is 59.7 Å². The fourth-order valence-electron chi connectivity index (χ4n) is 5.54. The third-order valence-corrected chi connectivity index (χ3v) is 7.98. The Morgan fingerprint density at radius 1 is 0.805 bits per heavy atom. The summed E-state index contributed by atoms with van der Waals surface area (Å²) in [6, 6.07) is 15.8. The van der Waals surface area contributed by atoms with Crippen molar-refractivity contribution in [2.45, 2.75) is 123 Å². The standard InChI is InChI=1S/C35H53NO4.CH4/c1-2-3-4-5-6-7-8-9-10-11-12-13-17-20-32(37)25-31(28-36-27-29-18-15-14-16-19-29)35(38)30-21-22-33-34(26-30)40-24-23-39-33;/h14-16,18-19,21-22,26,31,35-36,38H,2-13,17,20,23-25,27-28H2,1H3;1H4/t31-,35-;/m1./s1. The lowest BCUT2D eigenvalue weighted by Crippen LogP contribution is -2.29. The van der Waals surface area contributed by atoms with Gasteiger partial charge in [0.05, 0.1) is 6.10 Å². The van der Waals surface area contributed by atoms with Gasteiger partial charge >= 0.3 is 0 Å². The van der Waals surface area contributed by atoms with E-state index < -0.39 is 6.10 Å². The van der Waals surface area contributed by atoms with E-state index in [2.05, 4.69) is 24.4 Å². The van der Waals surface area contributed by atoms with Crippen LogP contribution in [0.15, 0.2) is 48.5 Å². The number of ketones is 1. The Kier molecular flexibility index (Phi) is 18.1. The molecule has 0 unspecified atom stereocenters. The van der Waals surface area contributed by atoms with E-state index in [1.165, 1.54) is 76.2 Å². The number of hydrogen-bond acceptors (Lipinski definition) is 5. The van der Waals surface area contributed by atoms with Crippen LogP contribution in [0.5, 0.6) is 11.5 Å². The summed E-state index contributed by atoms with van der Waals surface area (Å²) in [6.45, 7) is 4.58. The van der Waals surface area contributed by atoms with E-state index in [0.717, 1.165) is 18.4 Å². The monoisotopic (exact) mass is 567 g/mol. The van der Waals surface area contributed by atoms with Crippen LogP contribution in [0.25, 0.3) is 0 Å². The number of carbonyl (C=O) groups is 1. The van der Waals surface area contributed by atoms with E-state index in [9.17, 15) is 9.90 Å². The lowest BCUT2D eigenvalue weighted by molar-refractivity contribution is -0.121. The molecular formula is C36H57NO4. The third-order valence-electron chi connectivity index (χ3n) is 7.98. The zero-order valence-electron chi connectivity index (χ0n) is 24.9. The topological polar surface area (TPSA) is 67.8 Å². The number of unbranched alkanes of at least 4 members (excludes halogenated alkanes) is 12. The Bertz CT molecular complexity index is 948. The van der Waals surface area contributed by atoms with E-state index in [-0.39, 0.29) is 19.1 Å². The first-order valence-electron chi connectivity index (χ1n) is 16.0. The second-order valence-corrected chi connectivity index (χ2v) is 11.5. The van der Waals surface area contributed by atoms with E-state index in [0.29, 0.717) is 50.6 Å². The lowest BCUT2D eigenvalue weighted by atomic mass is 9.89. The molecule has 0 aliphatic carbocycles. The minimum atomic E-state index is -0.755. The second kappa shape index (κ2) is 21.4. The molecule has 0 fully saturated rings. The molecule has 2 N–H and O–H groups in total. The van der Waals surface area contributed by atoms with Crippen LogP contribution >= 0.6 is 0 Å². The van der Waals surface area contributed by atoms with Gasteiger partial charge in [-0.3, -0.25) is 4.79 Å². The van der Waals surface area contributed by atoms with Crippen LogP contribution in [0.4, 0.5) is 0 Å². The van der Waals surface area contributed by atoms with Gasteiger partial charge in [0.15, 0.2) is 11.5 Å². The first-order chi connectivity index (χ1) is 19.7. The van der Waals surface area contributed by atoms with Crippen LogP contribution in [-0.2, 0) is 11.3 Å². The summed E-state index contributed by atoms with van der Waals surface area (Å²) in [4.78, 5) is 13.0. The quantitative estimate of drug-likeness (QED) is 0.139. The molecular weight excluding hydrogens is 510 g/mol. The molecule has 5 nitrogen and oxygen atoms in total. The number of rotatable bonds is 22. The molecule has 0 saturated heterocycles. The molecule has 2 aromatic carbocycles. The van der Waals surface area contributed by atoms with Crippen molar-refractivity contribution in [1.82, 2.24) is 5.32 Å². The second-order valence-electron chi connectivity index (χ2n) is 11.5. The first kappa shape index (κ1) is 34.8. The average Bonchev–Trinajstić information content (AvgIpc) is 2.99. The van der Waals surface area contributed by atoms with Crippen molar-refractivity contribution in [1.29, 1.82) is 0 Å². The number of benzene rings is 2. The summed E-state index contributed by atoms with van der Waals surface area (Å²) in [5.74, 6) is 1.41. The first-order valence-corrected chi connectivity index (χ1v) is 16.0. The molecule has 0 aromatic heterocycles. The predicted octanol–water partition coefficient (Wildman–Crippen LogP) is 8.97. The molecule has 0 amide bonds. The molecule has 1 aliphatic rings. The molecule has 0 bridgehead atoms. The minimum absolute atomic E-state index is 0. The van der Waals surface area contributed by atoms with Gasteiger partial charge in [-0.1, -0.05) is 128 Å². The number of aliphatic hydroxyl groups is 1. The van der Waals surface area contributed by atoms with Crippen molar-refractivity contribution >= 4 is 5.78 Å². The fraction of sp³-hybridized carbons (Fsp3) is 0.639. The molecule has 1 aliphatic heterocycles. The summed E-state index contributed by atoms with van der Waals surface area (Å²) in [5.41, 5.74) is 1.96. The summed E-state index contributed by atoms with van der Waals surface area (Å²) >= 11 is 0. The highest BCUT2D eigenvalue weighted by molar-refractivity contribution is 5.78. The van der Waals surface area contributed by atoms with Gasteiger partial charge in [0.25, 0.3) is 0 Å². The highest BCUT2D eigenvalue weighted by Gasteiger charge is 2.25. The summed E-state index contributed by atoms with van der Waals surface area (Å²) < 4.78 is 11.4. The number of fused-ring (bicyclic) bond motifs is 1. The van der Waals surface area contributed by atoms with Crippen LogP contribution in [0.2, 0.25) is 0 Å². The maximum absolute atomic E-state index is 13.0. The number of hydrogen-bond donors (Lipinski definition) is 2. The molecule has 2 atom stereocenters. The molecule has 230 valence electrons. The molecule has 1 heterocycles. The van der Waals surface area contributed by atoms with Crippen LogP contribution < -0.4 is 14.8 Å². The zero-order chi connectivity index (χ0) is 28.3. The summed E-state index contributed by atoms with van der Waals surface area (Å²) in [5, 5.41) is 14.8. The van der Waals surface area contributed by atoms with Gasteiger partial charge in [-0.15, -0.1) is 0 Å². The van der Waals surface area contributed by atoms with Crippen molar-refractivity contribution in [2.75, 3.05) is 19.8 Å². The number of Topliss-reactive ketones (excluding diaryl/α,β-unsaturated/α-hetero) is 1. The van der Waals surface area contributed by atoms with Gasteiger partial charge in [-0.25, -0.2) is 0 Å². The van der Waals surface area contributed by atoms with Crippen molar-refractivity contribution in [2.24, 2.45) is 5.92 Å². The Morgan fingerprint density at radius 3 is 2.02 bits per heavy atom. The highest BCUT2D eigenvalue weighted by Crippen LogP contribution is 2.35. The Balaban J connectivity index is 0.00000588.